The number of hydrogen-bond donors (Lipinski definition) is 1. The molecule has 1 saturated heterocycles. The second-order valence-corrected chi connectivity index (χ2v) is 6.78. The Morgan fingerprint density at radius 2 is 2.40 bits per heavy atom. The van der Waals surface area contributed by atoms with Crippen LogP contribution in [0.5, 0.6) is 0 Å². The minimum atomic E-state index is -3.37. The van der Waals surface area contributed by atoms with Crippen LogP contribution in [0, 0.1) is 6.92 Å². The van der Waals surface area contributed by atoms with Gasteiger partial charge in [-0.2, -0.15) is 4.31 Å². The fourth-order valence-corrected chi connectivity index (χ4v) is 3.78. The molecule has 1 aromatic heterocycles. The Hall–Kier alpha value is -0.400. The van der Waals surface area contributed by atoms with Gasteiger partial charge in [0, 0.05) is 17.9 Å². The van der Waals surface area contributed by atoms with Gasteiger partial charge in [0.2, 0.25) is 0 Å². The van der Waals surface area contributed by atoms with Crippen LogP contribution < -0.4 is 0 Å². The van der Waals surface area contributed by atoms with Crippen LogP contribution in [0.2, 0.25) is 0 Å². The second kappa shape index (κ2) is 3.88. The average Bonchev–Trinajstić information content (AvgIpc) is 2.74. The summed E-state index contributed by atoms with van der Waals surface area (Å²) in [7, 11) is -3.37. The molecule has 1 fully saturated rings. The van der Waals surface area contributed by atoms with E-state index >= 15 is 0 Å². The highest BCUT2D eigenvalue weighted by atomic mass is 79.9. The number of halogens is 1. The third-order valence-corrected chi connectivity index (χ3v) is 4.91. The highest BCUT2D eigenvalue weighted by Crippen LogP contribution is 2.23. The first-order valence-electron chi connectivity index (χ1n) is 4.66. The number of aryl methyl sites for hydroxylation is 1. The van der Waals surface area contributed by atoms with E-state index in [0.717, 1.165) is 6.42 Å². The maximum atomic E-state index is 12.0. The first-order chi connectivity index (χ1) is 7.00. The Balaban J connectivity index is 2.27. The van der Waals surface area contributed by atoms with Crippen molar-refractivity contribution in [2.75, 3.05) is 13.1 Å². The predicted molar refractivity (Wildman–Crippen MR) is 59.4 cm³/mol. The largest absolute Gasteiger partial charge is 0.332 e. The van der Waals surface area contributed by atoms with E-state index in [0.29, 0.717) is 18.9 Å². The number of hydrogen-bond acceptors (Lipinski definition) is 3. The van der Waals surface area contributed by atoms with Crippen molar-refractivity contribution in [3.8, 4) is 0 Å². The number of aromatic nitrogens is 2. The number of rotatable bonds is 2. The summed E-state index contributed by atoms with van der Waals surface area (Å²) < 4.78 is 25.5. The zero-order valence-corrected chi connectivity index (χ0v) is 10.7. The van der Waals surface area contributed by atoms with E-state index in [9.17, 15) is 8.42 Å². The Labute approximate surface area is 97.1 Å². The zero-order valence-electron chi connectivity index (χ0n) is 8.27. The van der Waals surface area contributed by atoms with E-state index in [-0.39, 0.29) is 9.85 Å². The topological polar surface area (TPSA) is 66.1 Å². The van der Waals surface area contributed by atoms with Crippen LogP contribution in [0.15, 0.2) is 11.2 Å². The van der Waals surface area contributed by atoms with E-state index in [1.54, 1.807) is 6.92 Å². The molecule has 84 valence electrons. The van der Waals surface area contributed by atoms with Gasteiger partial charge in [0.15, 0.2) is 5.03 Å². The molecule has 0 spiro atoms. The lowest BCUT2D eigenvalue weighted by Gasteiger charge is -2.13. The van der Waals surface area contributed by atoms with Crippen molar-refractivity contribution in [1.82, 2.24) is 14.3 Å². The maximum Gasteiger partial charge on any atom is 0.260 e. The molecule has 0 radical (unpaired) electrons. The van der Waals surface area contributed by atoms with Gasteiger partial charge < -0.3 is 4.98 Å². The first-order valence-corrected chi connectivity index (χ1v) is 7.01. The lowest BCUT2D eigenvalue weighted by atomic mass is 10.4. The summed E-state index contributed by atoms with van der Waals surface area (Å²) in [5, 5.41) is 0.182. The molecule has 1 aliphatic heterocycles. The molecule has 0 saturated carbocycles. The van der Waals surface area contributed by atoms with Gasteiger partial charge in [0.1, 0.15) is 5.82 Å². The molecule has 15 heavy (non-hydrogen) atoms. The molecule has 2 heterocycles. The standard InChI is InChI=1S/C8H12BrN3O2S/c1-6-10-4-8(11-6)15(13,14)12-3-2-7(9)5-12/h4,7H,2-3,5H2,1H3,(H,10,11). The molecule has 1 N–H and O–H groups in total. The highest BCUT2D eigenvalue weighted by Gasteiger charge is 2.32. The number of imidazole rings is 1. The molecular formula is C8H12BrN3O2S. The monoisotopic (exact) mass is 293 g/mol. The van der Waals surface area contributed by atoms with Crippen molar-refractivity contribution in [3.05, 3.63) is 12.0 Å². The molecule has 1 aliphatic rings. The third kappa shape index (κ3) is 2.09. The molecule has 0 aromatic carbocycles. The number of nitrogens with zero attached hydrogens (tertiary/aromatic N) is 2. The van der Waals surface area contributed by atoms with Gasteiger partial charge in [-0.1, -0.05) is 15.9 Å². The third-order valence-electron chi connectivity index (χ3n) is 2.39. The van der Waals surface area contributed by atoms with Gasteiger partial charge in [-0.15, -0.1) is 0 Å². The van der Waals surface area contributed by atoms with Crippen LogP contribution in [0.3, 0.4) is 0 Å². The van der Waals surface area contributed by atoms with Crippen LogP contribution >= 0.6 is 15.9 Å². The van der Waals surface area contributed by atoms with Crippen molar-refractivity contribution in [3.63, 3.8) is 0 Å². The molecule has 7 heteroatoms. The van der Waals surface area contributed by atoms with Gasteiger partial charge in [0.05, 0.1) is 6.20 Å². The van der Waals surface area contributed by atoms with Crippen molar-refractivity contribution < 1.29 is 8.42 Å². The van der Waals surface area contributed by atoms with Crippen molar-refractivity contribution in [1.29, 1.82) is 0 Å². The normalized spacial score (nSPS) is 23.5. The molecule has 0 aliphatic carbocycles. The maximum absolute atomic E-state index is 12.0. The van der Waals surface area contributed by atoms with Crippen LogP contribution in [0.4, 0.5) is 0 Å². The fourth-order valence-electron chi connectivity index (χ4n) is 1.57. The molecule has 0 amide bonds. The van der Waals surface area contributed by atoms with Gasteiger partial charge in [-0.05, 0) is 13.3 Å². The number of sulfonamides is 1. The summed E-state index contributed by atoms with van der Waals surface area (Å²) in [6.07, 6.45) is 2.22. The van der Waals surface area contributed by atoms with Crippen molar-refractivity contribution in [2.24, 2.45) is 0 Å². The predicted octanol–water partition coefficient (Wildman–Crippen LogP) is 0.876. The summed E-state index contributed by atoms with van der Waals surface area (Å²) in [5.41, 5.74) is 0. The quantitative estimate of drug-likeness (QED) is 0.823. The Morgan fingerprint density at radius 1 is 1.67 bits per heavy atom. The lowest BCUT2D eigenvalue weighted by molar-refractivity contribution is 0.475. The molecule has 5 nitrogen and oxygen atoms in total. The minimum Gasteiger partial charge on any atom is -0.332 e. The molecule has 1 unspecified atom stereocenters. The van der Waals surface area contributed by atoms with E-state index in [1.807, 2.05) is 0 Å². The SMILES string of the molecule is Cc1ncc(S(=O)(=O)N2CCC(Br)C2)[nH]1. The smallest absolute Gasteiger partial charge is 0.260 e. The summed E-state index contributed by atoms with van der Waals surface area (Å²) in [5.74, 6) is 0.614. The Morgan fingerprint density at radius 3 is 2.87 bits per heavy atom. The number of aromatic amines is 1. The van der Waals surface area contributed by atoms with Crippen LogP contribution in [-0.2, 0) is 10.0 Å². The fraction of sp³-hybridized carbons (Fsp3) is 0.625. The molecule has 2 rings (SSSR count). The Kier molecular flexibility index (Phi) is 2.87. The summed E-state index contributed by atoms with van der Waals surface area (Å²) in [4.78, 5) is 6.91. The van der Waals surface area contributed by atoms with Gasteiger partial charge in [0.25, 0.3) is 10.0 Å². The summed E-state index contributed by atoms with van der Waals surface area (Å²) in [6, 6.07) is 0. The van der Waals surface area contributed by atoms with E-state index < -0.39 is 10.0 Å². The van der Waals surface area contributed by atoms with E-state index in [4.69, 9.17) is 0 Å². The molecular weight excluding hydrogens is 282 g/mol. The number of nitrogens with one attached hydrogen (secondary N) is 1. The summed E-state index contributed by atoms with van der Waals surface area (Å²) >= 11 is 3.42. The molecule has 1 atom stereocenters. The van der Waals surface area contributed by atoms with Crippen LogP contribution in [0.25, 0.3) is 0 Å². The number of alkyl halides is 1. The van der Waals surface area contributed by atoms with E-state index in [1.165, 1.54) is 10.5 Å². The first kappa shape index (κ1) is 11.1. The van der Waals surface area contributed by atoms with Gasteiger partial charge in [-0.3, -0.25) is 0 Å². The van der Waals surface area contributed by atoms with Gasteiger partial charge >= 0.3 is 0 Å². The zero-order chi connectivity index (χ0) is 11.1. The van der Waals surface area contributed by atoms with E-state index in [2.05, 4.69) is 25.9 Å². The average molecular weight is 294 g/mol. The summed E-state index contributed by atoms with van der Waals surface area (Å²) in [6.45, 7) is 2.83. The minimum absolute atomic E-state index is 0.182. The van der Waals surface area contributed by atoms with Crippen molar-refractivity contribution >= 4 is 26.0 Å². The molecule has 1 aromatic rings. The lowest BCUT2D eigenvalue weighted by Crippen LogP contribution is -2.29. The van der Waals surface area contributed by atoms with Crippen LogP contribution in [0.1, 0.15) is 12.2 Å². The van der Waals surface area contributed by atoms with Crippen LogP contribution in [-0.4, -0.2) is 40.6 Å². The number of H-pyrrole nitrogens is 1. The van der Waals surface area contributed by atoms with Crippen molar-refractivity contribution in [2.45, 2.75) is 23.2 Å². The van der Waals surface area contributed by atoms with Gasteiger partial charge in [-0.25, -0.2) is 13.4 Å². The highest BCUT2D eigenvalue weighted by molar-refractivity contribution is 9.09. The Bertz CT molecular complexity index is 456. The molecule has 0 bridgehead atoms. The second-order valence-electron chi connectivity index (χ2n) is 3.58.